The molecule has 1 fully saturated rings. The zero-order valence-corrected chi connectivity index (χ0v) is 17.6. The van der Waals surface area contributed by atoms with Crippen molar-refractivity contribution in [3.63, 3.8) is 0 Å². The number of nitrogens with zero attached hydrogens (tertiary/aromatic N) is 4. The van der Waals surface area contributed by atoms with Crippen molar-refractivity contribution in [1.29, 1.82) is 0 Å². The van der Waals surface area contributed by atoms with Crippen molar-refractivity contribution in [2.45, 2.75) is 38.6 Å². The molecule has 1 aliphatic heterocycles. The van der Waals surface area contributed by atoms with E-state index < -0.39 is 0 Å². The molecule has 2 aromatic rings. The van der Waals surface area contributed by atoms with Crippen molar-refractivity contribution >= 4 is 11.7 Å². The van der Waals surface area contributed by atoms with Gasteiger partial charge in [-0.25, -0.2) is 14.3 Å². The van der Waals surface area contributed by atoms with Crippen molar-refractivity contribution in [3.8, 4) is 11.5 Å². The highest BCUT2D eigenvalue weighted by molar-refractivity contribution is 5.90. The van der Waals surface area contributed by atoms with E-state index in [0.29, 0.717) is 30.3 Å². The molecule has 1 atom stereocenters. The number of piperidine rings is 1. The van der Waals surface area contributed by atoms with E-state index in [-0.39, 0.29) is 23.7 Å². The van der Waals surface area contributed by atoms with Crippen LogP contribution >= 0.6 is 0 Å². The van der Waals surface area contributed by atoms with Gasteiger partial charge in [0.25, 0.3) is 0 Å². The Morgan fingerprint density at radius 1 is 1.21 bits per heavy atom. The molecule has 158 valence electrons. The van der Waals surface area contributed by atoms with E-state index in [4.69, 9.17) is 9.47 Å². The molecule has 9 heteroatoms. The van der Waals surface area contributed by atoms with E-state index in [1.807, 2.05) is 13.8 Å². The van der Waals surface area contributed by atoms with Crippen LogP contribution in [0.1, 0.15) is 44.5 Å². The number of carbonyl (C=O) groups is 1. The number of carbonyl (C=O) groups excluding carboxylic acids is 1. The van der Waals surface area contributed by atoms with Crippen LogP contribution in [-0.4, -0.2) is 52.6 Å². The van der Waals surface area contributed by atoms with Crippen LogP contribution < -0.4 is 20.5 Å². The first-order chi connectivity index (χ1) is 13.8. The molecule has 29 heavy (non-hydrogen) atoms. The molecule has 0 radical (unpaired) electrons. The first kappa shape index (κ1) is 20.8. The molecule has 0 spiro atoms. The molecule has 1 aromatic carbocycles. The van der Waals surface area contributed by atoms with Gasteiger partial charge in [0.1, 0.15) is 17.3 Å². The van der Waals surface area contributed by atoms with E-state index in [9.17, 15) is 9.59 Å². The molecule has 1 N–H and O–H groups in total. The molecule has 2 amide bonds. The summed E-state index contributed by atoms with van der Waals surface area (Å²) in [6, 6.07) is 5.06. The fourth-order valence-electron chi connectivity index (χ4n) is 3.72. The number of rotatable bonds is 5. The maximum Gasteiger partial charge on any atom is 0.345 e. The summed E-state index contributed by atoms with van der Waals surface area (Å²) in [7, 11) is 4.79. The predicted octanol–water partition coefficient (Wildman–Crippen LogP) is 2.59. The van der Waals surface area contributed by atoms with E-state index in [0.717, 1.165) is 18.7 Å². The Kier molecular flexibility index (Phi) is 6.14. The number of aromatic nitrogens is 3. The minimum atomic E-state index is -0.195. The Labute approximate surface area is 170 Å². The van der Waals surface area contributed by atoms with Crippen LogP contribution in [0.25, 0.3) is 0 Å². The molecule has 1 aliphatic rings. The van der Waals surface area contributed by atoms with Crippen molar-refractivity contribution in [2.24, 2.45) is 7.05 Å². The Balaban J connectivity index is 1.77. The third kappa shape index (κ3) is 4.38. The lowest BCUT2D eigenvalue weighted by molar-refractivity contribution is 0.190. The number of aryl methyl sites for hydroxylation is 1. The summed E-state index contributed by atoms with van der Waals surface area (Å²) in [5.74, 6) is 1.97. The summed E-state index contributed by atoms with van der Waals surface area (Å²) in [5.41, 5.74) is 0.477. The SMILES string of the molecule is COc1cc(NC(=O)N2CCCC(c3nn(C)c(=O)n3C(C)C)C2)cc(OC)c1. The number of urea groups is 1. The maximum atomic E-state index is 12.9. The number of anilines is 1. The summed E-state index contributed by atoms with van der Waals surface area (Å²) in [4.78, 5) is 27.0. The second kappa shape index (κ2) is 8.59. The predicted molar refractivity (Wildman–Crippen MR) is 110 cm³/mol. The lowest BCUT2D eigenvalue weighted by Crippen LogP contribution is -2.42. The largest absolute Gasteiger partial charge is 0.497 e. The van der Waals surface area contributed by atoms with Gasteiger partial charge in [0, 0.05) is 56.0 Å². The van der Waals surface area contributed by atoms with Gasteiger partial charge < -0.3 is 19.7 Å². The summed E-state index contributed by atoms with van der Waals surface area (Å²) < 4.78 is 13.6. The van der Waals surface area contributed by atoms with Gasteiger partial charge in [0.05, 0.1) is 14.2 Å². The van der Waals surface area contributed by atoms with Crippen LogP contribution in [0.15, 0.2) is 23.0 Å². The Hall–Kier alpha value is -2.97. The number of likely N-dealkylation sites (tertiary alicyclic amines) is 1. The van der Waals surface area contributed by atoms with E-state index >= 15 is 0 Å². The van der Waals surface area contributed by atoms with Gasteiger partial charge in [-0.2, -0.15) is 5.10 Å². The topological polar surface area (TPSA) is 90.6 Å². The van der Waals surface area contributed by atoms with Gasteiger partial charge in [0.2, 0.25) is 0 Å². The van der Waals surface area contributed by atoms with Gasteiger partial charge in [-0.05, 0) is 26.7 Å². The number of nitrogens with one attached hydrogen (secondary N) is 1. The normalized spacial score (nSPS) is 16.8. The molecule has 1 unspecified atom stereocenters. The standard InChI is InChI=1S/C20H29N5O4/c1-13(2)25-18(22-23(3)20(25)27)14-7-6-8-24(12-14)19(26)21-15-9-16(28-4)11-17(10-15)29-5/h9-11,13-14H,6-8,12H2,1-5H3,(H,21,26). The fraction of sp³-hybridized carbons (Fsp3) is 0.550. The summed E-state index contributed by atoms with van der Waals surface area (Å²) in [5, 5.41) is 7.37. The monoisotopic (exact) mass is 403 g/mol. The summed E-state index contributed by atoms with van der Waals surface area (Å²) in [6.45, 7) is 5.10. The average molecular weight is 403 g/mol. The van der Waals surface area contributed by atoms with E-state index in [1.165, 1.54) is 4.68 Å². The van der Waals surface area contributed by atoms with Gasteiger partial charge in [-0.3, -0.25) is 4.57 Å². The number of methoxy groups -OCH3 is 2. The average Bonchev–Trinajstić information content (AvgIpc) is 3.02. The van der Waals surface area contributed by atoms with Gasteiger partial charge in [0.15, 0.2) is 0 Å². The van der Waals surface area contributed by atoms with Crippen molar-refractivity contribution < 1.29 is 14.3 Å². The second-order valence-electron chi connectivity index (χ2n) is 7.54. The molecule has 3 rings (SSSR count). The van der Waals surface area contributed by atoms with Crippen molar-refractivity contribution in [1.82, 2.24) is 19.2 Å². The van der Waals surface area contributed by atoms with Crippen LogP contribution in [-0.2, 0) is 7.05 Å². The molecular weight excluding hydrogens is 374 g/mol. The zero-order valence-electron chi connectivity index (χ0n) is 17.6. The number of hydrogen-bond acceptors (Lipinski definition) is 5. The van der Waals surface area contributed by atoms with Crippen LogP contribution in [0.5, 0.6) is 11.5 Å². The first-order valence-electron chi connectivity index (χ1n) is 9.78. The second-order valence-corrected chi connectivity index (χ2v) is 7.54. The molecular formula is C20H29N5O4. The van der Waals surface area contributed by atoms with Crippen molar-refractivity contribution in [3.05, 3.63) is 34.5 Å². The maximum absolute atomic E-state index is 12.9. The zero-order chi connectivity index (χ0) is 21.1. The van der Waals surface area contributed by atoms with E-state index in [2.05, 4.69) is 10.4 Å². The molecule has 1 aromatic heterocycles. The molecule has 9 nitrogen and oxygen atoms in total. The minimum absolute atomic E-state index is 0.0136. The first-order valence-corrected chi connectivity index (χ1v) is 9.78. The van der Waals surface area contributed by atoms with Crippen LogP contribution in [0.4, 0.5) is 10.5 Å². The highest BCUT2D eigenvalue weighted by Gasteiger charge is 2.30. The molecule has 2 heterocycles. The summed E-state index contributed by atoms with van der Waals surface area (Å²) in [6.07, 6.45) is 1.74. The molecule has 0 bridgehead atoms. The number of benzene rings is 1. The van der Waals surface area contributed by atoms with Crippen molar-refractivity contribution in [2.75, 3.05) is 32.6 Å². The molecule has 1 saturated heterocycles. The highest BCUT2D eigenvalue weighted by Crippen LogP contribution is 2.29. The lowest BCUT2D eigenvalue weighted by Gasteiger charge is -2.32. The number of hydrogen-bond donors (Lipinski definition) is 1. The minimum Gasteiger partial charge on any atom is -0.497 e. The summed E-state index contributed by atoms with van der Waals surface area (Å²) >= 11 is 0. The number of ether oxygens (including phenoxy) is 2. The van der Waals surface area contributed by atoms with Gasteiger partial charge in [-0.15, -0.1) is 0 Å². The quantitative estimate of drug-likeness (QED) is 0.829. The Morgan fingerprint density at radius 2 is 1.86 bits per heavy atom. The number of amides is 2. The van der Waals surface area contributed by atoms with E-state index in [1.54, 1.807) is 48.9 Å². The molecule has 0 saturated carbocycles. The molecule has 0 aliphatic carbocycles. The Bertz CT molecular complexity index is 911. The van der Waals surface area contributed by atoms with Crippen LogP contribution in [0.3, 0.4) is 0 Å². The lowest BCUT2D eigenvalue weighted by atomic mass is 9.97. The third-order valence-electron chi connectivity index (χ3n) is 5.18. The smallest absolute Gasteiger partial charge is 0.345 e. The fourth-order valence-corrected chi connectivity index (χ4v) is 3.72. The van der Waals surface area contributed by atoms with Gasteiger partial charge in [-0.1, -0.05) is 0 Å². The Morgan fingerprint density at radius 3 is 2.45 bits per heavy atom. The van der Waals surface area contributed by atoms with Crippen LogP contribution in [0.2, 0.25) is 0 Å². The third-order valence-corrected chi connectivity index (χ3v) is 5.18. The van der Waals surface area contributed by atoms with Gasteiger partial charge >= 0.3 is 11.7 Å². The highest BCUT2D eigenvalue weighted by atomic mass is 16.5. The van der Waals surface area contributed by atoms with Crippen LogP contribution in [0, 0.1) is 0 Å².